The van der Waals surface area contributed by atoms with Crippen LogP contribution in [-0.4, -0.2) is 25.7 Å². The topological polar surface area (TPSA) is 81.9 Å². The number of anilines is 1. The Labute approximate surface area is 139 Å². The van der Waals surface area contributed by atoms with Crippen molar-refractivity contribution in [2.75, 3.05) is 5.32 Å². The lowest BCUT2D eigenvalue weighted by Gasteiger charge is -2.08. The molecule has 3 aromatic rings. The first kappa shape index (κ1) is 15.7. The number of nitrogens with one attached hydrogen (secondary N) is 1. The van der Waals surface area contributed by atoms with Crippen LogP contribution in [0.5, 0.6) is 11.6 Å². The number of hydrogen-bond donors (Lipinski definition) is 1. The highest BCUT2D eigenvalue weighted by molar-refractivity contribution is 5.88. The lowest BCUT2D eigenvalue weighted by atomic mass is 10.3. The van der Waals surface area contributed by atoms with Crippen molar-refractivity contribution in [1.82, 2.24) is 19.7 Å². The molecule has 1 amide bonds. The number of rotatable bonds is 4. The van der Waals surface area contributed by atoms with Crippen molar-refractivity contribution in [1.29, 1.82) is 0 Å². The number of ether oxygens (including phenoxy) is 1. The Balaban J connectivity index is 1.79. The largest absolute Gasteiger partial charge is 0.439 e. The van der Waals surface area contributed by atoms with E-state index in [0.717, 1.165) is 11.4 Å². The molecule has 0 bridgehead atoms. The van der Waals surface area contributed by atoms with E-state index in [2.05, 4.69) is 20.4 Å². The van der Waals surface area contributed by atoms with Crippen LogP contribution in [0.3, 0.4) is 0 Å². The molecule has 0 fully saturated rings. The zero-order valence-electron chi connectivity index (χ0n) is 13.6. The van der Waals surface area contributed by atoms with Gasteiger partial charge in [0.15, 0.2) is 5.82 Å². The van der Waals surface area contributed by atoms with Gasteiger partial charge in [-0.3, -0.25) is 4.79 Å². The highest BCUT2D eigenvalue weighted by Crippen LogP contribution is 2.22. The Morgan fingerprint density at radius 1 is 1.12 bits per heavy atom. The molecule has 1 N–H and O–H groups in total. The number of aromatic nitrogens is 4. The zero-order chi connectivity index (χ0) is 17.1. The molecule has 0 saturated carbocycles. The average molecular weight is 323 g/mol. The van der Waals surface area contributed by atoms with Crippen LogP contribution >= 0.6 is 0 Å². The smallest absolute Gasteiger partial charge is 0.224 e. The third-order valence-corrected chi connectivity index (χ3v) is 3.25. The molecular formula is C17H17N5O2. The first-order valence-corrected chi connectivity index (χ1v) is 7.42. The molecule has 0 unspecified atom stereocenters. The number of hydrogen-bond acceptors (Lipinski definition) is 5. The van der Waals surface area contributed by atoms with Crippen LogP contribution < -0.4 is 10.1 Å². The molecular weight excluding hydrogens is 306 g/mol. The Kier molecular flexibility index (Phi) is 4.24. The highest BCUT2D eigenvalue weighted by atomic mass is 16.5. The predicted molar refractivity (Wildman–Crippen MR) is 89.4 cm³/mol. The number of benzene rings is 1. The Hall–Kier alpha value is -3.22. The van der Waals surface area contributed by atoms with Gasteiger partial charge in [0.2, 0.25) is 11.8 Å². The molecule has 2 aromatic heterocycles. The summed E-state index contributed by atoms with van der Waals surface area (Å²) in [5.41, 5.74) is 2.61. The van der Waals surface area contributed by atoms with E-state index >= 15 is 0 Å². The van der Waals surface area contributed by atoms with Gasteiger partial charge < -0.3 is 10.1 Å². The minimum absolute atomic E-state index is 0.117. The number of aryl methyl sites for hydroxylation is 2. The summed E-state index contributed by atoms with van der Waals surface area (Å²) >= 11 is 0. The van der Waals surface area contributed by atoms with Crippen LogP contribution in [0, 0.1) is 13.8 Å². The maximum absolute atomic E-state index is 11.0. The fourth-order valence-electron chi connectivity index (χ4n) is 2.29. The lowest BCUT2D eigenvalue weighted by Crippen LogP contribution is -2.05. The molecule has 2 heterocycles. The summed E-state index contributed by atoms with van der Waals surface area (Å²) < 4.78 is 7.48. The van der Waals surface area contributed by atoms with E-state index in [-0.39, 0.29) is 5.91 Å². The first-order chi connectivity index (χ1) is 11.5. The summed E-state index contributed by atoms with van der Waals surface area (Å²) in [5.74, 6) is 1.55. The summed E-state index contributed by atoms with van der Waals surface area (Å²) in [4.78, 5) is 19.4. The molecule has 1 aromatic carbocycles. The molecule has 122 valence electrons. The second-order valence-corrected chi connectivity index (χ2v) is 5.36. The molecule has 0 aliphatic carbocycles. The van der Waals surface area contributed by atoms with Gasteiger partial charge in [0.1, 0.15) is 12.1 Å². The molecule has 24 heavy (non-hydrogen) atoms. The predicted octanol–water partition coefficient (Wildman–Crippen LogP) is 3.03. The molecule has 0 saturated heterocycles. The van der Waals surface area contributed by atoms with E-state index in [9.17, 15) is 4.79 Å². The molecule has 0 aliphatic heterocycles. The van der Waals surface area contributed by atoms with E-state index in [4.69, 9.17) is 4.74 Å². The van der Waals surface area contributed by atoms with Gasteiger partial charge in [-0.15, -0.1) is 0 Å². The lowest BCUT2D eigenvalue weighted by molar-refractivity contribution is -0.114. The van der Waals surface area contributed by atoms with E-state index in [1.54, 1.807) is 35.0 Å². The summed E-state index contributed by atoms with van der Waals surface area (Å²) in [6.07, 6.45) is 1.44. The summed E-state index contributed by atoms with van der Waals surface area (Å²) in [6, 6.07) is 10.7. The molecule has 0 aliphatic rings. The van der Waals surface area contributed by atoms with Crippen LogP contribution in [0.4, 0.5) is 5.69 Å². The van der Waals surface area contributed by atoms with Crippen molar-refractivity contribution >= 4 is 11.6 Å². The van der Waals surface area contributed by atoms with Crippen molar-refractivity contribution < 1.29 is 9.53 Å². The molecule has 0 spiro atoms. The Bertz CT molecular complexity index is 871. The van der Waals surface area contributed by atoms with Crippen LogP contribution in [0.1, 0.15) is 18.3 Å². The minimum atomic E-state index is -0.117. The van der Waals surface area contributed by atoms with Gasteiger partial charge in [0.05, 0.1) is 5.69 Å². The fraction of sp³-hybridized carbons (Fsp3) is 0.176. The van der Waals surface area contributed by atoms with Crippen molar-refractivity contribution in [3.05, 3.63) is 54.1 Å². The van der Waals surface area contributed by atoms with Crippen molar-refractivity contribution in [2.45, 2.75) is 20.8 Å². The minimum Gasteiger partial charge on any atom is -0.439 e. The van der Waals surface area contributed by atoms with Gasteiger partial charge in [0.25, 0.3) is 0 Å². The highest BCUT2D eigenvalue weighted by Gasteiger charge is 2.08. The third kappa shape index (κ3) is 3.57. The third-order valence-electron chi connectivity index (χ3n) is 3.25. The number of nitrogens with zero attached hydrogens (tertiary/aromatic N) is 4. The van der Waals surface area contributed by atoms with Gasteiger partial charge in [-0.2, -0.15) is 5.10 Å². The summed E-state index contributed by atoms with van der Waals surface area (Å²) in [6.45, 7) is 5.36. The molecule has 3 rings (SSSR count). The van der Waals surface area contributed by atoms with Crippen LogP contribution in [0.25, 0.3) is 5.82 Å². The van der Waals surface area contributed by atoms with Crippen LogP contribution in [0.2, 0.25) is 0 Å². The van der Waals surface area contributed by atoms with Gasteiger partial charge in [-0.1, -0.05) is 0 Å². The monoisotopic (exact) mass is 323 g/mol. The normalized spacial score (nSPS) is 10.5. The summed E-state index contributed by atoms with van der Waals surface area (Å²) in [5, 5.41) is 7.10. The number of carbonyl (C=O) groups is 1. The van der Waals surface area contributed by atoms with E-state index < -0.39 is 0 Å². The molecule has 7 heteroatoms. The first-order valence-electron chi connectivity index (χ1n) is 7.42. The van der Waals surface area contributed by atoms with Crippen LogP contribution in [0.15, 0.2) is 42.7 Å². The standard InChI is InChI=1S/C17H17N5O2/c1-11-8-12(2)22(21-11)16-9-17(19-10-18-16)24-15-6-4-14(5-7-15)20-13(3)23/h4-10H,1-3H3,(H,20,23). The van der Waals surface area contributed by atoms with Crippen molar-refractivity contribution in [2.24, 2.45) is 0 Å². The fourth-order valence-corrected chi connectivity index (χ4v) is 2.29. The van der Waals surface area contributed by atoms with E-state index in [1.807, 2.05) is 19.9 Å². The van der Waals surface area contributed by atoms with Crippen molar-refractivity contribution in [3.63, 3.8) is 0 Å². The molecule has 0 atom stereocenters. The Morgan fingerprint density at radius 2 is 1.88 bits per heavy atom. The maximum Gasteiger partial charge on any atom is 0.224 e. The quantitative estimate of drug-likeness (QED) is 0.798. The van der Waals surface area contributed by atoms with E-state index in [1.165, 1.54) is 13.3 Å². The summed E-state index contributed by atoms with van der Waals surface area (Å²) in [7, 11) is 0. The number of carbonyl (C=O) groups excluding carboxylic acids is 1. The second kappa shape index (κ2) is 6.49. The Morgan fingerprint density at radius 3 is 2.50 bits per heavy atom. The van der Waals surface area contributed by atoms with E-state index in [0.29, 0.717) is 23.1 Å². The van der Waals surface area contributed by atoms with Crippen LogP contribution in [-0.2, 0) is 4.79 Å². The molecule has 0 radical (unpaired) electrons. The zero-order valence-corrected chi connectivity index (χ0v) is 13.6. The number of amides is 1. The maximum atomic E-state index is 11.0. The van der Waals surface area contributed by atoms with Gasteiger partial charge >= 0.3 is 0 Å². The molecule has 7 nitrogen and oxygen atoms in total. The van der Waals surface area contributed by atoms with Gasteiger partial charge in [-0.05, 0) is 44.2 Å². The van der Waals surface area contributed by atoms with Gasteiger partial charge in [0, 0.05) is 24.4 Å². The SMILES string of the molecule is CC(=O)Nc1ccc(Oc2cc(-n3nc(C)cc3C)ncn2)cc1. The second-order valence-electron chi connectivity index (χ2n) is 5.36. The van der Waals surface area contributed by atoms with Gasteiger partial charge in [-0.25, -0.2) is 14.6 Å². The average Bonchev–Trinajstić information content (AvgIpc) is 2.88. The van der Waals surface area contributed by atoms with Crippen molar-refractivity contribution in [3.8, 4) is 17.4 Å².